The van der Waals surface area contributed by atoms with Crippen molar-refractivity contribution in [3.8, 4) is 0 Å². The number of nitrogens with zero attached hydrogens (tertiary/aromatic N) is 2. The standard InChI is InChI=1S/C17H14N4O/c22-17(15-11-12-18-19-15)21-20-16(13-7-3-1-4-8-13)14-9-5-2-6-10-14/h1-12H,(H,18,19)(H,21,22). The van der Waals surface area contributed by atoms with Crippen molar-refractivity contribution >= 4 is 11.6 Å². The van der Waals surface area contributed by atoms with E-state index in [0.29, 0.717) is 11.4 Å². The van der Waals surface area contributed by atoms with Gasteiger partial charge < -0.3 is 0 Å². The van der Waals surface area contributed by atoms with Gasteiger partial charge in [-0.15, -0.1) is 0 Å². The van der Waals surface area contributed by atoms with Crippen LogP contribution >= 0.6 is 0 Å². The first-order valence-electron chi connectivity index (χ1n) is 6.83. The largest absolute Gasteiger partial charge is 0.289 e. The second-order valence-corrected chi connectivity index (χ2v) is 4.60. The van der Waals surface area contributed by atoms with Crippen LogP contribution < -0.4 is 5.43 Å². The first-order valence-corrected chi connectivity index (χ1v) is 6.83. The lowest BCUT2D eigenvalue weighted by atomic mass is 10.0. The van der Waals surface area contributed by atoms with Gasteiger partial charge in [-0.1, -0.05) is 60.7 Å². The molecule has 0 radical (unpaired) electrons. The quantitative estimate of drug-likeness (QED) is 0.572. The molecule has 0 saturated carbocycles. The minimum absolute atomic E-state index is 0.332. The molecule has 5 nitrogen and oxygen atoms in total. The summed E-state index contributed by atoms with van der Waals surface area (Å²) in [6, 6.07) is 21.0. The molecule has 0 fully saturated rings. The van der Waals surface area contributed by atoms with Crippen molar-refractivity contribution in [2.24, 2.45) is 5.10 Å². The molecule has 3 aromatic rings. The van der Waals surface area contributed by atoms with Crippen molar-refractivity contribution in [1.29, 1.82) is 0 Å². The van der Waals surface area contributed by atoms with Crippen LogP contribution in [0.2, 0.25) is 0 Å². The Kier molecular flexibility index (Phi) is 4.06. The zero-order valence-electron chi connectivity index (χ0n) is 11.7. The van der Waals surface area contributed by atoms with Gasteiger partial charge in [0.05, 0.1) is 5.71 Å². The lowest BCUT2D eigenvalue weighted by molar-refractivity contribution is 0.0950. The van der Waals surface area contributed by atoms with E-state index in [1.807, 2.05) is 60.7 Å². The number of amides is 1. The molecule has 3 rings (SSSR count). The van der Waals surface area contributed by atoms with Crippen molar-refractivity contribution in [2.75, 3.05) is 0 Å². The molecule has 0 bridgehead atoms. The van der Waals surface area contributed by atoms with Gasteiger partial charge in [0, 0.05) is 17.3 Å². The van der Waals surface area contributed by atoms with E-state index in [-0.39, 0.29) is 5.91 Å². The van der Waals surface area contributed by atoms with Crippen LogP contribution in [-0.2, 0) is 0 Å². The van der Waals surface area contributed by atoms with Gasteiger partial charge >= 0.3 is 0 Å². The number of aromatic nitrogens is 2. The second-order valence-electron chi connectivity index (χ2n) is 4.60. The predicted octanol–water partition coefficient (Wildman–Crippen LogP) is 2.59. The Balaban J connectivity index is 1.92. The van der Waals surface area contributed by atoms with Gasteiger partial charge in [0.25, 0.3) is 5.91 Å². The van der Waals surface area contributed by atoms with Gasteiger partial charge in [-0.3, -0.25) is 9.89 Å². The molecule has 108 valence electrons. The average Bonchev–Trinajstić information content (AvgIpc) is 3.11. The zero-order valence-corrected chi connectivity index (χ0v) is 11.7. The molecular formula is C17H14N4O. The van der Waals surface area contributed by atoms with Crippen LogP contribution in [0.3, 0.4) is 0 Å². The van der Waals surface area contributed by atoms with E-state index in [9.17, 15) is 4.79 Å². The molecule has 5 heteroatoms. The van der Waals surface area contributed by atoms with E-state index in [2.05, 4.69) is 20.7 Å². The lowest BCUT2D eigenvalue weighted by Gasteiger charge is -2.07. The van der Waals surface area contributed by atoms with Crippen molar-refractivity contribution < 1.29 is 4.79 Å². The molecule has 0 aliphatic rings. The molecule has 0 saturated heterocycles. The summed E-state index contributed by atoms with van der Waals surface area (Å²) in [7, 11) is 0. The van der Waals surface area contributed by atoms with Crippen LogP contribution in [0.4, 0.5) is 0 Å². The second kappa shape index (κ2) is 6.49. The SMILES string of the molecule is O=C(NN=C(c1ccccc1)c1ccccc1)c1ccn[nH]1. The first-order chi connectivity index (χ1) is 10.8. The summed E-state index contributed by atoms with van der Waals surface area (Å²) in [4.78, 5) is 12.0. The van der Waals surface area contributed by atoms with Gasteiger partial charge in [-0.25, -0.2) is 5.43 Å². The van der Waals surface area contributed by atoms with Gasteiger partial charge in [-0.2, -0.15) is 10.2 Å². The number of hydrogen-bond donors (Lipinski definition) is 2. The number of hydrazone groups is 1. The lowest BCUT2D eigenvalue weighted by Crippen LogP contribution is -2.21. The predicted molar refractivity (Wildman–Crippen MR) is 84.6 cm³/mol. The first kappa shape index (κ1) is 13.8. The summed E-state index contributed by atoms with van der Waals surface area (Å²) in [5.74, 6) is -0.332. The third kappa shape index (κ3) is 3.09. The highest BCUT2D eigenvalue weighted by Gasteiger charge is 2.09. The Morgan fingerprint density at radius 2 is 1.50 bits per heavy atom. The minimum atomic E-state index is -0.332. The molecule has 0 aliphatic heterocycles. The van der Waals surface area contributed by atoms with Crippen molar-refractivity contribution in [3.05, 3.63) is 89.7 Å². The maximum absolute atomic E-state index is 12.0. The summed E-state index contributed by atoms with van der Waals surface area (Å²) < 4.78 is 0. The smallest absolute Gasteiger partial charge is 0.273 e. The van der Waals surface area contributed by atoms with Gasteiger partial charge in [-0.05, 0) is 6.07 Å². The molecule has 1 aromatic heterocycles. The molecule has 1 heterocycles. The Morgan fingerprint density at radius 1 is 0.909 bits per heavy atom. The van der Waals surface area contributed by atoms with E-state index >= 15 is 0 Å². The van der Waals surface area contributed by atoms with Gasteiger partial charge in [0.2, 0.25) is 0 Å². The Hall–Kier alpha value is -3.21. The van der Waals surface area contributed by atoms with Crippen LogP contribution in [0.25, 0.3) is 0 Å². The van der Waals surface area contributed by atoms with Crippen LogP contribution in [0.5, 0.6) is 0 Å². The highest BCUT2D eigenvalue weighted by atomic mass is 16.2. The van der Waals surface area contributed by atoms with E-state index < -0.39 is 0 Å². The molecule has 0 aliphatic carbocycles. The van der Waals surface area contributed by atoms with Crippen molar-refractivity contribution in [2.45, 2.75) is 0 Å². The molecule has 1 amide bonds. The van der Waals surface area contributed by atoms with Crippen molar-refractivity contribution in [3.63, 3.8) is 0 Å². The topological polar surface area (TPSA) is 70.1 Å². The number of aromatic amines is 1. The fraction of sp³-hybridized carbons (Fsp3) is 0. The van der Waals surface area contributed by atoms with Gasteiger partial charge in [0.15, 0.2) is 0 Å². The summed E-state index contributed by atoms with van der Waals surface area (Å²) in [5, 5.41) is 10.7. The fourth-order valence-corrected chi connectivity index (χ4v) is 2.04. The number of nitrogens with one attached hydrogen (secondary N) is 2. The molecule has 0 unspecified atom stereocenters. The molecule has 0 spiro atoms. The number of hydrogen-bond acceptors (Lipinski definition) is 3. The summed E-state index contributed by atoms with van der Waals surface area (Å²) >= 11 is 0. The number of rotatable bonds is 4. The molecule has 2 aromatic carbocycles. The van der Waals surface area contributed by atoms with E-state index in [0.717, 1.165) is 11.1 Å². The van der Waals surface area contributed by atoms with E-state index in [4.69, 9.17) is 0 Å². The molecule has 2 N–H and O–H groups in total. The van der Waals surface area contributed by atoms with E-state index in [1.54, 1.807) is 6.07 Å². The minimum Gasteiger partial charge on any atom is -0.273 e. The summed E-state index contributed by atoms with van der Waals surface area (Å²) in [6.45, 7) is 0. The van der Waals surface area contributed by atoms with Crippen LogP contribution in [-0.4, -0.2) is 21.8 Å². The van der Waals surface area contributed by atoms with Crippen LogP contribution in [0.1, 0.15) is 21.6 Å². The summed E-state index contributed by atoms with van der Waals surface area (Å²) in [5.41, 5.74) is 5.49. The molecular weight excluding hydrogens is 276 g/mol. The highest BCUT2D eigenvalue weighted by molar-refractivity contribution is 6.13. The Morgan fingerprint density at radius 3 is 2.00 bits per heavy atom. The average molecular weight is 290 g/mol. The Bertz CT molecular complexity index is 723. The monoisotopic (exact) mass is 290 g/mol. The van der Waals surface area contributed by atoms with E-state index in [1.165, 1.54) is 6.20 Å². The normalized spacial score (nSPS) is 10.0. The number of H-pyrrole nitrogens is 1. The third-order valence-corrected chi connectivity index (χ3v) is 3.11. The Labute approximate surface area is 127 Å². The maximum atomic E-state index is 12.0. The number of carbonyl (C=O) groups is 1. The highest BCUT2D eigenvalue weighted by Crippen LogP contribution is 2.10. The maximum Gasteiger partial charge on any atom is 0.289 e. The third-order valence-electron chi connectivity index (χ3n) is 3.11. The molecule has 22 heavy (non-hydrogen) atoms. The molecule has 0 atom stereocenters. The van der Waals surface area contributed by atoms with Gasteiger partial charge in [0.1, 0.15) is 5.69 Å². The van der Waals surface area contributed by atoms with Crippen molar-refractivity contribution in [1.82, 2.24) is 15.6 Å². The zero-order chi connectivity index (χ0) is 15.2. The summed E-state index contributed by atoms with van der Waals surface area (Å²) in [6.07, 6.45) is 1.52. The number of benzene rings is 2. The number of carbonyl (C=O) groups excluding carboxylic acids is 1. The fourth-order valence-electron chi connectivity index (χ4n) is 2.04. The van der Waals surface area contributed by atoms with Crippen LogP contribution in [0.15, 0.2) is 78.0 Å². The van der Waals surface area contributed by atoms with Crippen LogP contribution in [0, 0.1) is 0 Å².